The van der Waals surface area contributed by atoms with Gasteiger partial charge in [-0.3, -0.25) is 4.90 Å². The maximum atomic E-state index is 14.4. The summed E-state index contributed by atoms with van der Waals surface area (Å²) in [7, 11) is 0. The molecule has 0 aromatic carbocycles. The van der Waals surface area contributed by atoms with Crippen LogP contribution in [0.4, 0.5) is 15.2 Å². The maximum absolute atomic E-state index is 14.4. The van der Waals surface area contributed by atoms with Crippen LogP contribution < -0.4 is 21.1 Å². The largest absolute Gasteiger partial charge is 0.461 e. The minimum atomic E-state index is -1.13. The number of nitrogen functional groups attached to an aromatic ring is 1. The third-order valence-corrected chi connectivity index (χ3v) is 10.2. The van der Waals surface area contributed by atoms with Crippen molar-refractivity contribution < 1.29 is 28.6 Å². The van der Waals surface area contributed by atoms with Gasteiger partial charge in [0.1, 0.15) is 41.0 Å². The van der Waals surface area contributed by atoms with E-state index in [1.165, 1.54) is 11.3 Å². The fraction of sp³-hybridized carbons (Fsp3) is 0.621. The molecule has 6 rings (SSSR count). The van der Waals surface area contributed by atoms with E-state index >= 15 is 0 Å². The molecule has 13 nitrogen and oxygen atoms in total. The van der Waals surface area contributed by atoms with Crippen molar-refractivity contribution in [1.82, 2.24) is 14.9 Å². The highest BCUT2D eigenvalue weighted by molar-refractivity contribution is 7.16. The minimum absolute atomic E-state index is 0.00937. The zero-order chi connectivity index (χ0) is 31.3. The highest BCUT2D eigenvalue weighted by Gasteiger charge is 2.50. The molecule has 4 aliphatic rings. The zero-order valence-electron chi connectivity index (χ0n) is 24.8. The molecule has 0 bridgehead atoms. The number of nitrogens with two attached hydrogens (primary N) is 2. The lowest BCUT2D eigenvalue weighted by molar-refractivity contribution is -0.150. The van der Waals surface area contributed by atoms with Crippen molar-refractivity contribution in [3.63, 3.8) is 0 Å². The molecule has 0 saturated carbocycles. The Hall–Kier alpha value is -3.58. The van der Waals surface area contributed by atoms with E-state index in [1.807, 2.05) is 4.90 Å². The summed E-state index contributed by atoms with van der Waals surface area (Å²) in [6, 6.07) is 3.70. The monoisotopic (exact) mass is 628 g/mol. The predicted octanol–water partition coefficient (Wildman–Crippen LogP) is 1.60. The summed E-state index contributed by atoms with van der Waals surface area (Å²) in [5.41, 5.74) is 10.7. The second-order valence-electron chi connectivity index (χ2n) is 12.7. The number of carbonyl (C=O) groups is 1. The summed E-state index contributed by atoms with van der Waals surface area (Å²) in [6.45, 7) is 5.98. The minimum Gasteiger partial charge on any atom is -0.461 e. The normalized spacial score (nSPS) is 30.5. The molecule has 0 amide bonds. The summed E-state index contributed by atoms with van der Waals surface area (Å²) in [4.78, 5) is 32.6. The number of carbonyl (C=O) groups excluding carboxylic acids is 1. The van der Waals surface area contributed by atoms with Crippen LogP contribution in [0.15, 0.2) is 11.2 Å². The number of aromatic nitrogens is 2. The fourth-order valence-corrected chi connectivity index (χ4v) is 8.06. The number of alkyl halides is 1. The number of nitriles is 1. The second kappa shape index (κ2) is 11.4. The summed E-state index contributed by atoms with van der Waals surface area (Å²) >= 11 is 1.31. The average Bonchev–Trinajstić information content (AvgIpc) is 3.67. The van der Waals surface area contributed by atoms with E-state index in [0.717, 1.165) is 24.3 Å². The van der Waals surface area contributed by atoms with Gasteiger partial charge in [0.2, 0.25) is 0 Å². The molecule has 2 aromatic rings. The Morgan fingerprint density at radius 3 is 2.98 bits per heavy atom. The molecule has 3 saturated heterocycles. The number of hydrogen-bond donors (Lipinski definition) is 3. The lowest BCUT2D eigenvalue weighted by Gasteiger charge is -2.31. The number of anilines is 2. The van der Waals surface area contributed by atoms with Crippen LogP contribution in [0.1, 0.15) is 61.2 Å². The van der Waals surface area contributed by atoms with Crippen molar-refractivity contribution in [2.75, 3.05) is 56.6 Å². The number of hydrogen-bond acceptors (Lipinski definition) is 13. The quantitative estimate of drug-likeness (QED) is 0.174. The fourth-order valence-electron chi connectivity index (χ4n) is 6.92. The van der Waals surface area contributed by atoms with Crippen LogP contribution in [0.3, 0.4) is 0 Å². The Balaban J connectivity index is 1.27. The summed E-state index contributed by atoms with van der Waals surface area (Å²) in [6.07, 6.45) is 2.29. The van der Waals surface area contributed by atoms with E-state index in [0.29, 0.717) is 60.9 Å². The van der Waals surface area contributed by atoms with Crippen molar-refractivity contribution >= 4 is 34.0 Å². The van der Waals surface area contributed by atoms with Gasteiger partial charge in [0, 0.05) is 36.0 Å². The summed E-state index contributed by atoms with van der Waals surface area (Å²) in [5, 5.41) is 24.7. The molecule has 2 unspecified atom stereocenters. The number of β-amino-alcohol motifs (C(OH)–C–C–N with tert-alkyl or cyclic N) is 1. The number of oxime groups is 1. The molecule has 5 heterocycles. The average molecular weight is 629 g/mol. The van der Waals surface area contributed by atoms with Gasteiger partial charge in [0.05, 0.1) is 36.3 Å². The van der Waals surface area contributed by atoms with Crippen LogP contribution in [0.25, 0.3) is 0 Å². The SMILES string of the molecule is CC1(O)COCCN(c2cc(/C(N)=N/OC(=O)C3(C)CCc4sc(N)c(C#N)c43)nc(OC[C@@]34CCCN3C[C@H](F)C4)n2)C1. The molecule has 3 fully saturated rings. The lowest BCUT2D eigenvalue weighted by atomic mass is 9.83. The van der Waals surface area contributed by atoms with Gasteiger partial charge in [-0.15, -0.1) is 11.3 Å². The molecular weight excluding hydrogens is 591 g/mol. The van der Waals surface area contributed by atoms with E-state index in [9.17, 15) is 19.6 Å². The number of aliphatic hydroxyl groups is 1. The van der Waals surface area contributed by atoms with Crippen LogP contribution in [0, 0.1) is 11.3 Å². The number of halogens is 1. The molecule has 2 aromatic heterocycles. The number of amidine groups is 1. The molecule has 0 radical (unpaired) electrons. The first-order valence-electron chi connectivity index (χ1n) is 14.8. The van der Waals surface area contributed by atoms with E-state index < -0.39 is 28.7 Å². The number of aryl methyl sites for hydroxylation is 1. The van der Waals surface area contributed by atoms with Gasteiger partial charge in [-0.1, -0.05) is 5.16 Å². The first-order chi connectivity index (χ1) is 20.9. The maximum Gasteiger partial charge on any atom is 0.345 e. The number of thiophene rings is 1. The van der Waals surface area contributed by atoms with Gasteiger partial charge in [0.15, 0.2) is 5.84 Å². The third kappa shape index (κ3) is 5.55. The third-order valence-electron chi connectivity index (χ3n) is 9.16. The lowest BCUT2D eigenvalue weighted by Crippen LogP contribution is -2.44. The van der Waals surface area contributed by atoms with Crippen molar-refractivity contribution in [3.8, 4) is 12.1 Å². The van der Waals surface area contributed by atoms with E-state index in [-0.39, 0.29) is 37.3 Å². The molecular formula is C29H37FN8O5S. The van der Waals surface area contributed by atoms with Crippen LogP contribution in [0.2, 0.25) is 0 Å². The summed E-state index contributed by atoms with van der Waals surface area (Å²) < 4.78 is 26.0. The standard InChI is InChI=1S/C29H37FN8O5S/c1-27(40)14-37(8-9-41-15-27)21-10-19(34-26(35-21)42-16-29-5-3-7-38(29)13-17(30)11-29)23(32)36-43-25(39)28(2)6-4-20-22(28)18(12-31)24(33)44-20/h10,17,40H,3-9,11,13-16,33H2,1-2H3,(H2,32,36)/t17-,27?,28?,29+/m1/s1. The van der Waals surface area contributed by atoms with Crippen molar-refractivity contribution in [1.29, 1.82) is 5.26 Å². The molecule has 15 heteroatoms. The number of nitrogens with zero attached hydrogens (tertiary/aromatic N) is 6. The van der Waals surface area contributed by atoms with Gasteiger partial charge in [-0.25, -0.2) is 9.18 Å². The molecule has 0 spiro atoms. The van der Waals surface area contributed by atoms with Crippen LogP contribution in [-0.4, -0.2) is 95.1 Å². The van der Waals surface area contributed by atoms with Crippen molar-refractivity contribution in [3.05, 3.63) is 27.8 Å². The van der Waals surface area contributed by atoms with Gasteiger partial charge in [-0.05, 0) is 46.1 Å². The first-order valence-corrected chi connectivity index (χ1v) is 15.6. The van der Waals surface area contributed by atoms with Crippen molar-refractivity contribution in [2.24, 2.45) is 10.9 Å². The Morgan fingerprint density at radius 1 is 1.36 bits per heavy atom. The molecule has 1 aliphatic carbocycles. The highest BCUT2D eigenvalue weighted by Crippen LogP contribution is 2.48. The molecule has 5 N–H and O–H groups in total. The van der Waals surface area contributed by atoms with Gasteiger partial charge in [-0.2, -0.15) is 15.2 Å². The Labute approximate surface area is 258 Å². The van der Waals surface area contributed by atoms with Crippen molar-refractivity contribution in [2.45, 2.75) is 68.7 Å². The Kier molecular flexibility index (Phi) is 7.89. The number of fused-ring (bicyclic) bond motifs is 2. The van der Waals surface area contributed by atoms with Gasteiger partial charge < -0.3 is 35.8 Å². The first kappa shape index (κ1) is 30.4. The zero-order valence-corrected chi connectivity index (χ0v) is 25.7. The topological polar surface area (TPSA) is 185 Å². The van der Waals surface area contributed by atoms with Crippen LogP contribution in [-0.2, 0) is 26.2 Å². The van der Waals surface area contributed by atoms with E-state index in [2.05, 4.69) is 26.1 Å². The van der Waals surface area contributed by atoms with Crippen LogP contribution >= 0.6 is 11.3 Å². The predicted molar refractivity (Wildman–Crippen MR) is 160 cm³/mol. The van der Waals surface area contributed by atoms with Crippen LogP contribution in [0.5, 0.6) is 6.01 Å². The van der Waals surface area contributed by atoms with E-state index in [1.54, 1.807) is 19.9 Å². The van der Waals surface area contributed by atoms with Gasteiger partial charge >= 0.3 is 12.0 Å². The summed E-state index contributed by atoms with van der Waals surface area (Å²) in [5.74, 6) is -0.444. The molecule has 236 valence electrons. The second-order valence-corrected chi connectivity index (χ2v) is 13.8. The number of ether oxygens (including phenoxy) is 2. The van der Waals surface area contributed by atoms with E-state index in [4.69, 9.17) is 25.8 Å². The molecule has 44 heavy (non-hydrogen) atoms. The van der Waals surface area contributed by atoms with Gasteiger partial charge in [0.25, 0.3) is 0 Å². The smallest absolute Gasteiger partial charge is 0.345 e. The number of rotatable bonds is 7. The highest BCUT2D eigenvalue weighted by atomic mass is 32.1. The Morgan fingerprint density at radius 2 is 2.18 bits per heavy atom. The molecule has 4 atom stereocenters. The Bertz CT molecular complexity index is 1530. The molecule has 3 aliphatic heterocycles.